The standard InChI is InChI=1S/C17H16N2O3/c1-19(2)10-13-15(20)7-6-11-9-12(17(21)22-16(11)13)14-5-3-4-8-18-14/h3-9,20H,10H2,1-2H3. The zero-order chi connectivity index (χ0) is 15.7. The highest BCUT2D eigenvalue weighted by Gasteiger charge is 2.14. The zero-order valence-electron chi connectivity index (χ0n) is 12.4. The van der Waals surface area contributed by atoms with Gasteiger partial charge in [0.1, 0.15) is 11.3 Å². The van der Waals surface area contributed by atoms with E-state index in [4.69, 9.17) is 4.42 Å². The fourth-order valence-corrected chi connectivity index (χ4v) is 2.40. The summed E-state index contributed by atoms with van der Waals surface area (Å²) in [5, 5.41) is 10.8. The molecule has 0 unspecified atom stereocenters. The van der Waals surface area contributed by atoms with Crippen LogP contribution >= 0.6 is 0 Å². The summed E-state index contributed by atoms with van der Waals surface area (Å²) in [6, 6.07) is 10.5. The fourth-order valence-electron chi connectivity index (χ4n) is 2.40. The molecule has 0 saturated carbocycles. The van der Waals surface area contributed by atoms with Crippen LogP contribution in [0.1, 0.15) is 5.56 Å². The van der Waals surface area contributed by atoms with E-state index in [0.29, 0.717) is 28.9 Å². The number of benzene rings is 1. The highest BCUT2D eigenvalue weighted by Crippen LogP contribution is 2.29. The molecule has 0 bridgehead atoms. The van der Waals surface area contributed by atoms with E-state index >= 15 is 0 Å². The summed E-state index contributed by atoms with van der Waals surface area (Å²) in [6.45, 7) is 0.481. The number of phenolic OH excluding ortho intramolecular Hbond substituents is 1. The Hall–Kier alpha value is -2.66. The van der Waals surface area contributed by atoms with Gasteiger partial charge in [-0.15, -0.1) is 0 Å². The van der Waals surface area contributed by atoms with Crippen molar-refractivity contribution in [1.29, 1.82) is 0 Å². The predicted octanol–water partition coefficient (Wildman–Crippen LogP) is 2.62. The Morgan fingerprint density at radius 3 is 2.73 bits per heavy atom. The molecule has 0 aliphatic heterocycles. The summed E-state index contributed by atoms with van der Waals surface area (Å²) < 4.78 is 5.48. The quantitative estimate of drug-likeness (QED) is 0.753. The second-order valence-electron chi connectivity index (χ2n) is 5.38. The fraction of sp³-hybridized carbons (Fsp3) is 0.176. The Labute approximate surface area is 127 Å². The molecule has 0 atom stereocenters. The summed E-state index contributed by atoms with van der Waals surface area (Å²) in [7, 11) is 3.78. The first-order valence-corrected chi connectivity index (χ1v) is 6.91. The first-order chi connectivity index (χ1) is 10.6. The summed E-state index contributed by atoms with van der Waals surface area (Å²) in [5.41, 5.74) is 1.54. The van der Waals surface area contributed by atoms with Crippen molar-refractivity contribution in [2.45, 2.75) is 6.54 Å². The molecule has 0 saturated heterocycles. The van der Waals surface area contributed by atoms with Gasteiger partial charge in [-0.3, -0.25) is 4.98 Å². The van der Waals surface area contributed by atoms with Crippen LogP contribution in [0.3, 0.4) is 0 Å². The van der Waals surface area contributed by atoms with Gasteiger partial charge in [0.05, 0.1) is 16.8 Å². The average Bonchev–Trinajstić information content (AvgIpc) is 2.50. The lowest BCUT2D eigenvalue weighted by Crippen LogP contribution is -2.12. The number of aromatic hydroxyl groups is 1. The Kier molecular flexibility index (Phi) is 3.65. The van der Waals surface area contributed by atoms with Gasteiger partial charge in [-0.2, -0.15) is 0 Å². The summed E-state index contributed by atoms with van der Waals surface area (Å²) in [4.78, 5) is 18.4. The molecule has 3 aromatic rings. The third-order valence-corrected chi connectivity index (χ3v) is 3.40. The van der Waals surface area contributed by atoms with E-state index in [-0.39, 0.29) is 5.75 Å². The van der Waals surface area contributed by atoms with Crippen LogP contribution in [0.2, 0.25) is 0 Å². The molecule has 0 aliphatic rings. The SMILES string of the molecule is CN(C)Cc1c(O)ccc2cc(-c3ccccn3)c(=O)oc12. The molecule has 5 heteroatoms. The van der Waals surface area contributed by atoms with Gasteiger partial charge in [-0.25, -0.2) is 4.79 Å². The molecule has 112 valence electrons. The molecule has 2 aromatic heterocycles. The van der Waals surface area contributed by atoms with Crippen molar-refractivity contribution in [2.24, 2.45) is 0 Å². The van der Waals surface area contributed by atoms with Crippen LogP contribution < -0.4 is 5.63 Å². The van der Waals surface area contributed by atoms with Gasteiger partial charge in [0.25, 0.3) is 0 Å². The minimum atomic E-state index is -0.461. The molecule has 22 heavy (non-hydrogen) atoms. The predicted molar refractivity (Wildman–Crippen MR) is 84.8 cm³/mol. The van der Waals surface area contributed by atoms with E-state index in [1.807, 2.05) is 25.1 Å². The van der Waals surface area contributed by atoms with Crippen LogP contribution in [0.15, 0.2) is 51.8 Å². The maximum atomic E-state index is 12.3. The van der Waals surface area contributed by atoms with E-state index in [2.05, 4.69) is 4.98 Å². The lowest BCUT2D eigenvalue weighted by atomic mass is 10.1. The Bertz CT molecular complexity index is 870. The number of fused-ring (bicyclic) bond motifs is 1. The molecule has 1 aromatic carbocycles. The van der Waals surface area contributed by atoms with Crippen molar-refractivity contribution in [2.75, 3.05) is 14.1 Å². The van der Waals surface area contributed by atoms with Gasteiger partial charge in [-0.1, -0.05) is 6.07 Å². The third-order valence-electron chi connectivity index (χ3n) is 3.40. The summed E-state index contributed by atoms with van der Waals surface area (Å²) >= 11 is 0. The zero-order valence-corrected chi connectivity index (χ0v) is 12.4. The van der Waals surface area contributed by atoms with Gasteiger partial charge in [0, 0.05) is 18.1 Å². The number of rotatable bonds is 3. The normalized spacial score (nSPS) is 11.2. The molecule has 2 heterocycles. The Morgan fingerprint density at radius 2 is 2.05 bits per heavy atom. The van der Waals surface area contributed by atoms with Crippen LogP contribution in [0.25, 0.3) is 22.2 Å². The topological polar surface area (TPSA) is 66.6 Å². The van der Waals surface area contributed by atoms with Gasteiger partial charge < -0.3 is 14.4 Å². The Balaban J connectivity index is 2.24. The number of hydrogen-bond acceptors (Lipinski definition) is 5. The number of hydrogen-bond donors (Lipinski definition) is 1. The van der Waals surface area contributed by atoms with Gasteiger partial charge in [0.2, 0.25) is 0 Å². The van der Waals surface area contributed by atoms with Crippen LogP contribution in [0.5, 0.6) is 5.75 Å². The summed E-state index contributed by atoms with van der Waals surface area (Å²) in [5.74, 6) is 0.120. The molecule has 0 amide bonds. The largest absolute Gasteiger partial charge is 0.507 e. The van der Waals surface area contributed by atoms with Crippen molar-refractivity contribution < 1.29 is 9.52 Å². The van der Waals surface area contributed by atoms with Crippen molar-refractivity contribution in [3.05, 3.63) is 58.6 Å². The number of phenols is 1. The van der Waals surface area contributed by atoms with E-state index < -0.39 is 5.63 Å². The number of pyridine rings is 1. The second-order valence-corrected chi connectivity index (χ2v) is 5.38. The van der Waals surface area contributed by atoms with E-state index in [9.17, 15) is 9.90 Å². The molecule has 0 aliphatic carbocycles. The smallest absolute Gasteiger partial charge is 0.345 e. The third kappa shape index (κ3) is 2.58. The van der Waals surface area contributed by atoms with Crippen molar-refractivity contribution in [1.82, 2.24) is 9.88 Å². The number of nitrogens with zero attached hydrogens (tertiary/aromatic N) is 2. The maximum absolute atomic E-state index is 12.3. The van der Waals surface area contributed by atoms with Crippen LogP contribution in [0.4, 0.5) is 0 Å². The van der Waals surface area contributed by atoms with E-state index in [0.717, 1.165) is 5.39 Å². The highest BCUT2D eigenvalue weighted by molar-refractivity contribution is 5.85. The van der Waals surface area contributed by atoms with Gasteiger partial charge in [-0.05, 0) is 44.4 Å². The average molecular weight is 296 g/mol. The molecule has 5 nitrogen and oxygen atoms in total. The lowest BCUT2D eigenvalue weighted by molar-refractivity contribution is 0.383. The minimum absolute atomic E-state index is 0.120. The molecule has 1 N–H and O–H groups in total. The van der Waals surface area contributed by atoms with Crippen LogP contribution in [-0.2, 0) is 6.54 Å². The Morgan fingerprint density at radius 1 is 1.23 bits per heavy atom. The van der Waals surface area contributed by atoms with Crippen LogP contribution in [-0.4, -0.2) is 29.1 Å². The number of aromatic nitrogens is 1. The van der Waals surface area contributed by atoms with Gasteiger partial charge >= 0.3 is 5.63 Å². The maximum Gasteiger partial charge on any atom is 0.345 e. The van der Waals surface area contributed by atoms with Crippen LogP contribution in [0, 0.1) is 0 Å². The van der Waals surface area contributed by atoms with Crippen molar-refractivity contribution in [3.63, 3.8) is 0 Å². The van der Waals surface area contributed by atoms with E-state index in [1.54, 1.807) is 36.5 Å². The second kappa shape index (κ2) is 5.61. The van der Waals surface area contributed by atoms with Crippen molar-refractivity contribution >= 4 is 11.0 Å². The lowest BCUT2D eigenvalue weighted by Gasteiger charge is -2.13. The molecule has 0 fully saturated rings. The summed E-state index contributed by atoms with van der Waals surface area (Å²) in [6.07, 6.45) is 1.63. The molecule has 0 spiro atoms. The molecular formula is C17H16N2O3. The van der Waals surface area contributed by atoms with E-state index in [1.165, 1.54) is 0 Å². The molecule has 0 radical (unpaired) electrons. The van der Waals surface area contributed by atoms with Crippen molar-refractivity contribution in [3.8, 4) is 17.0 Å². The molecule has 3 rings (SSSR count). The van der Waals surface area contributed by atoms with Gasteiger partial charge in [0.15, 0.2) is 0 Å². The molecular weight excluding hydrogens is 280 g/mol. The minimum Gasteiger partial charge on any atom is -0.507 e. The first-order valence-electron chi connectivity index (χ1n) is 6.91. The first kappa shape index (κ1) is 14.3. The highest BCUT2D eigenvalue weighted by atomic mass is 16.4. The monoisotopic (exact) mass is 296 g/mol.